The molecule has 0 aromatic heterocycles. The lowest BCUT2D eigenvalue weighted by molar-refractivity contribution is -0.385. The Balaban J connectivity index is 2.16. The maximum Gasteiger partial charge on any atom is 0.270 e. The predicted molar refractivity (Wildman–Crippen MR) is 98.4 cm³/mol. The fraction of sp³-hybridized carbons (Fsp3) is 0.235. The third kappa shape index (κ3) is 4.79. The smallest absolute Gasteiger partial charge is 0.270 e. The van der Waals surface area contributed by atoms with Gasteiger partial charge in [0.1, 0.15) is 0 Å². The highest BCUT2D eigenvalue weighted by Crippen LogP contribution is 2.22. The third-order valence-corrected chi connectivity index (χ3v) is 4.79. The Hall–Kier alpha value is -2.94. The number of nitrogens with zero attached hydrogens (tertiary/aromatic N) is 1. The van der Waals surface area contributed by atoms with Crippen molar-refractivity contribution in [2.24, 2.45) is 5.41 Å². The lowest BCUT2D eigenvalue weighted by Gasteiger charge is -2.17. The summed E-state index contributed by atoms with van der Waals surface area (Å²) < 4.78 is 27.1. The van der Waals surface area contributed by atoms with Gasteiger partial charge in [0, 0.05) is 28.9 Å². The van der Waals surface area contributed by atoms with Crippen LogP contribution < -0.4 is 10.0 Å². The molecule has 0 bridgehead atoms. The number of nitrogens with one attached hydrogen (secondary N) is 2. The van der Waals surface area contributed by atoms with Crippen LogP contribution in [-0.2, 0) is 14.8 Å². The Labute approximate surface area is 151 Å². The summed E-state index contributed by atoms with van der Waals surface area (Å²) in [5.41, 5.74) is -0.0657. The van der Waals surface area contributed by atoms with E-state index in [1.54, 1.807) is 32.9 Å². The van der Waals surface area contributed by atoms with Crippen molar-refractivity contribution in [1.82, 2.24) is 0 Å². The van der Waals surface area contributed by atoms with Gasteiger partial charge in [-0.25, -0.2) is 8.42 Å². The molecule has 9 heteroatoms. The van der Waals surface area contributed by atoms with Crippen LogP contribution in [0.15, 0.2) is 53.4 Å². The number of nitro benzene ring substituents is 1. The summed E-state index contributed by atoms with van der Waals surface area (Å²) in [5, 5.41) is 13.5. The summed E-state index contributed by atoms with van der Waals surface area (Å²) in [6.07, 6.45) is 0. The summed E-state index contributed by atoms with van der Waals surface area (Å²) in [6.45, 7) is 5.34. The van der Waals surface area contributed by atoms with Crippen molar-refractivity contribution in [1.29, 1.82) is 0 Å². The van der Waals surface area contributed by atoms with Crippen molar-refractivity contribution in [3.8, 4) is 0 Å². The molecule has 0 radical (unpaired) electrons. The van der Waals surface area contributed by atoms with Crippen LogP contribution in [0.4, 0.5) is 17.1 Å². The van der Waals surface area contributed by atoms with E-state index in [4.69, 9.17) is 0 Å². The first-order valence-electron chi connectivity index (χ1n) is 7.68. The molecule has 0 aliphatic rings. The molecule has 2 rings (SSSR count). The van der Waals surface area contributed by atoms with E-state index in [1.165, 1.54) is 30.3 Å². The summed E-state index contributed by atoms with van der Waals surface area (Å²) in [7, 11) is -3.97. The zero-order valence-corrected chi connectivity index (χ0v) is 15.3. The van der Waals surface area contributed by atoms with Crippen LogP contribution in [-0.4, -0.2) is 19.2 Å². The molecule has 2 N–H and O–H groups in total. The van der Waals surface area contributed by atoms with Crippen LogP contribution in [0.25, 0.3) is 0 Å². The molecule has 0 unspecified atom stereocenters. The standard InChI is InChI=1S/C17H19N3O5S/c1-17(2,3)16(21)18-12-7-9-13(10-8-12)19-26(24,25)15-6-4-5-14(11-15)20(22)23/h4-11,19H,1-3H3,(H,18,21). The normalized spacial score (nSPS) is 11.7. The van der Waals surface area contributed by atoms with E-state index in [0.29, 0.717) is 5.69 Å². The van der Waals surface area contributed by atoms with E-state index in [9.17, 15) is 23.3 Å². The Morgan fingerprint density at radius 2 is 1.62 bits per heavy atom. The number of carbonyl (C=O) groups is 1. The molecular formula is C17H19N3O5S. The molecular weight excluding hydrogens is 358 g/mol. The van der Waals surface area contributed by atoms with Crippen molar-refractivity contribution in [2.75, 3.05) is 10.0 Å². The van der Waals surface area contributed by atoms with Gasteiger partial charge in [-0.3, -0.25) is 19.6 Å². The number of non-ortho nitro benzene ring substituents is 1. The van der Waals surface area contributed by atoms with Gasteiger partial charge in [0.15, 0.2) is 0 Å². The van der Waals surface area contributed by atoms with Crippen LogP contribution in [0.2, 0.25) is 0 Å². The molecule has 0 saturated heterocycles. The molecule has 1 amide bonds. The lowest BCUT2D eigenvalue weighted by Crippen LogP contribution is -2.27. The van der Waals surface area contributed by atoms with Crippen LogP contribution in [0.5, 0.6) is 0 Å². The molecule has 2 aromatic rings. The fourth-order valence-electron chi connectivity index (χ4n) is 1.92. The van der Waals surface area contributed by atoms with Gasteiger partial charge in [0.2, 0.25) is 5.91 Å². The molecule has 138 valence electrons. The first-order valence-corrected chi connectivity index (χ1v) is 9.16. The lowest BCUT2D eigenvalue weighted by atomic mass is 9.95. The SMILES string of the molecule is CC(C)(C)C(=O)Nc1ccc(NS(=O)(=O)c2cccc([N+](=O)[O-])c2)cc1. The van der Waals surface area contributed by atoms with E-state index in [0.717, 1.165) is 6.07 Å². The molecule has 0 aliphatic heterocycles. The van der Waals surface area contributed by atoms with Gasteiger partial charge >= 0.3 is 0 Å². The largest absolute Gasteiger partial charge is 0.326 e. The van der Waals surface area contributed by atoms with E-state index in [1.807, 2.05) is 0 Å². The van der Waals surface area contributed by atoms with Gasteiger partial charge in [-0.1, -0.05) is 26.8 Å². The van der Waals surface area contributed by atoms with Gasteiger partial charge in [-0.15, -0.1) is 0 Å². The highest BCUT2D eigenvalue weighted by molar-refractivity contribution is 7.92. The van der Waals surface area contributed by atoms with E-state index in [-0.39, 0.29) is 22.2 Å². The second-order valence-corrected chi connectivity index (χ2v) is 8.32. The number of hydrogen-bond acceptors (Lipinski definition) is 5. The molecule has 2 aromatic carbocycles. The number of anilines is 2. The molecule has 8 nitrogen and oxygen atoms in total. The third-order valence-electron chi connectivity index (χ3n) is 3.41. The predicted octanol–water partition coefficient (Wildman–Crippen LogP) is 3.38. The van der Waals surface area contributed by atoms with Crippen LogP contribution in [0.1, 0.15) is 20.8 Å². The number of sulfonamides is 1. The Bertz CT molecular complexity index is 932. The van der Waals surface area contributed by atoms with Gasteiger partial charge in [0.05, 0.1) is 9.82 Å². The molecule has 0 atom stereocenters. The van der Waals surface area contributed by atoms with Crippen molar-refractivity contribution in [2.45, 2.75) is 25.7 Å². The summed E-state index contributed by atoms with van der Waals surface area (Å²) in [6, 6.07) is 10.9. The summed E-state index contributed by atoms with van der Waals surface area (Å²) >= 11 is 0. The van der Waals surface area contributed by atoms with Gasteiger partial charge in [0.25, 0.3) is 15.7 Å². The molecule has 0 spiro atoms. The quantitative estimate of drug-likeness (QED) is 0.611. The molecule has 0 fully saturated rings. The number of benzene rings is 2. The van der Waals surface area contributed by atoms with Crippen LogP contribution >= 0.6 is 0 Å². The maximum absolute atomic E-state index is 12.4. The fourth-order valence-corrected chi connectivity index (χ4v) is 3.02. The van der Waals surface area contributed by atoms with E-state index < -0.39 is 20.4 Å². The number of carbonyl (C=O) groups excluding carboxylic acids is 1. The second-order valence-electron chi connectivity index (χ2n) is 6.64. The zero-order valence-electron chi connectivity index (χ0n) is 14.5. The first kappa shape index (κ1) is 19.4. The maximum atomic E-state index is 12.4. The van der Waals surface area contributed by atoms with Gasteiger partial charge < -0.3 is 5.32 Å². The second kappa shape index (κ2) is 7.12. The van der Waals surface area contributed by atoms with Gasteiger partial charge in [-0.2, -0.15) is 0 Å². The number of rotatable bonds is 5. The topological polar surface area (TPSA) is 118 Å². The Morgan fingerprint density at radius 1 is 1.04 bits per heavy atom. The van der Waals surface area contributed by atoms with E-state index in [2.05, 4.69) is 10.0 Å². The average molecular weight is 377 g/mol. The Morgan fingerprint density at radius 3 is 2.15 bits per heavy atom. The first-order chi connectivity index (χ1) is 12.0. The highest BCUT2D eigenvalue weighted by Gasteiger charge is 2.21. The van der Waals surface area contributed by atoms with Crippen molar-refractivity contribution in [3.05, 3.63) is 58.6 Å². The summed E-state index contributed by atoms with van der Waals surface area (Å²) in [5.74, 6) is -0.164. The highest BCUT2D eigenvalue weighted by atomic mass is 32.2. The van der Waals surface area contributed by atoms with Crippen LogP contribution in [0.3, 0.4) is 0 Å². The van der Waals surface area contributed by atoms with Crippen molar-refractivity contribution < 1.29 is 18.1 Å². The van der Waals surface area contributed by atoms with Crippen molar-refractivity contribution >= 4 is 33.0 Å². The molecule has 0 aliphatic carbocycles. The average Bonchev–Trinajstić information content (AvgIpc) is 2.55. The summed E-state index contributed by atoms with van der Waals surface area (Å²) in [4.78, 5) is 21.9. The molecule has 0 heterocycles. The monoisotopic (exact) mass is 377 g/mol. The number of amides is 1. The minimum Gasteiger partial charge on any atom is -0.326 e. The zero-order chi connectivity index (χ0) is 19.5. The van der Waals surface area contributed by atoms with E-state index >= 15 is 0 Å². The minimum absolute atomic E-state index is 0.164. The Kier molecular flexibility index (Phi) is 5.31. The van der Waals surface area contributed by atoms with Crippen LogP contribution in [0, 0.1) is 15.5 Å². The molecule has 0 saturated carbocycles. The van der Waals surface area contributed by atoms with Crippen molar-refractivity contribution in [3.63, 3.8) is 0 Å². The number of nitro groups is 1. The van der Waals surface area contributed by atoms with Gasteiger partial charge in [-0.05, 0) is 30.3 Å². The molecule has 26 heavy (non-hydrogen) atoms. The minimum atomic E-state index is -3.97. The number of hydrogen-bond donors (Lipinski definition) is 2.